The first-order valence-electron chi connectivity index (χ1n) is 3.60. The van der Waals surface area contributed by atoms with E-state index in [0.717, 1.165) is 0 Å². The summed E-state index contributed by atoms with van der Waals surface area (Å²) in [5.41, 5.74) is 0. The summed E-state index contributed by atoms with van der Waals surface area (Å²) in [6.07, 6.45) is 9.75. The van der Waals surface area contributed by atoms with Gasteiger partial charge in [-0.15, -0.1) is 0 Å². The minimum Gasteiger partial charge on any atom is -0.255 e. The summed E-state index contributed by atoms with van der Waals surface area (Å²) in [5, 5.41) is 12.0. The summed E-state index contributed by atoms with van der Waals surface area (Å²) in [6.45, 7) is 0. The Bertz CT molecular complexity index is 195. The molecule has 2 aromatic heterocycles. The molecule has 0 atom stereocenters. The van der Waals surface area contributed by atoms with E-state index in [4.69, 9.17) is 10.5 Å². The van der Waals surface area contributed by atoms with Crippen molar-refractivity contribution in [2.45, 2.75) is 0 Å². The molecule has 6 heteroatoms. The molecule has 0 bridgehead atoms. The highest BCUT2D eigenvalue weighted by Crippen LogP contribution is 1.67. The molecule has 14 heavy (non-hydrogen) atoms. The predicted octanol–water partition coefficient (Wildman–Crippen LogP) is 0.971. The minimum atomic E-state index is 1.50. The van der Waals surface area contributed by atoms with E-state index < -0.39 is 0 Å². The lowest BCUT2D eigenvalue weighted by atomic mass is 10.7. The van der Waals surface area contributed by atoms with Crippen molar-refractivity contribution >= 4 is 0 Å². The van der Waals surface area contributed by atoms with Gasteiger partial charge in [-0.25, -0.2) is 19.9 Å². The van der Waals surface area contributed by atoms with E-state index in [9.17, 15) is 0 Å². The van der Waals surface area contributed by atoms with E-state index >= 15 is 0 Å². The van der Waals surface area contributed by atoms with Gasteiger partial charge in [0.15, 0.2) is 0 Å². The van der Waals surface area contributed by atoms with Crippen LogP contribution in [-0.4, -0.2) is 30.5 Å². The third-order valence-electron chi connectivity index (χ3n) is 0.955. The van der Waals surface area contributed by atoms with Gasteiger partial charge in [0.2, 0.25) is 0 Å². The van der Waals surface area contributed by atoms with E-state index in [0.29, 0.717) is 0 Å². The first kappa shape index (κ1) is 12.1. The molecular weight excluding hydrogens is 184 g/mol. The molecule has 0 fully saturated rings. The molecule has 0 saturated heterocycles. The Balaban J connectivity index is 0.000000206. The number of hydrogen-bond acceptors (Lipinski definition) is 6. The van der Waals surface area contributed by atoms with Crippen molar-refractivity contribution in [2.75, 3.05) is 0 Å². The summed E-state index contributed by atoms with van der Waals surface area (Å²) in [7, 11) is 0. The van der Waals surface area contributed by atoms with Crippen LogP contribution in [0.3, 0.4) is 0 Å². The Hall–Kier alpha value is -1.92. The summed E-state index contributed by atoms with van der Waals surface area (Å²) in [6, 6.07) is 3.56. The van der Waals surface area contributed by atoms with Gasteiger partial charge in [-0.05, 0) is 12.1 Å². The number of hydrogen-bond donors (Lipinski definition) is 2. The molecule has 2 rings (SSSR count). The Kier molecular flexibility index (Phi) is 9.56. The van der Waals surface area contributed by atoms with Gasteiger partial charge in [0.25, 0.3) is 0 Å². The highest BCUT2D eigenvalue weighted by molar-refractivity contribution is 4.74. The lowest BCUT2D eigenvalue weighted by Crippen LogP contribution is -1.66. The standard InChI is InChI=1S/2C4H4N2.H2O2/c2*1-2-5-4-6-3-1;1-2/h2*1-4H;1-2H. The maximum absolute atomic E-state index is 6.00. The third kappa shape index (κ3) is 8.18. The van der Waals surface area contributed by atoms with E-state index in [1.165, 1.54) is 12.7 Å². The molecule has 2 aromatic rings. The van der Waals surface area contributed by atoms with Gasteiger partial charge >= 0.3 is 0 Å². The van der Waals surface area contributed by atoms with Crippen LogP contribution in [0, 0.1) is 0 Å². The molecule has 0 aliphatic rings. The monoisotopic (exact) mass is 194 g/mol. The number of nitrogens with zero attached hydrogens (tertiary/aromatic N) is 4. The van der Waals surface area contributed by atoms with Crippen molar-refractivity contribution in [3.63, 3.8) is 0 Å². The molecule has 0 saturated carbocycles. The summed E-state index contributed by atoms with van der Waals surface area (Å²) in [5.74, 6) is 0. The smallest absolute Gasteiger partial charge is 0.115 e. The largest absolute Gasteiger partial charge is 0.255 e. The average Bonchev–Trinajstić information content (AvgIpc) is 2.37. The lowest BCUT2D eigenvalue weighted by Gasteiger charge is -1.70. The topological polar surface area (TPSA) is 92.0 Å². The van der Waals surface area contributed by atoms with Crippen LogP contribution in [0.15, 0.2) is 49.6 Å². The highest BCUT2D eigenvalue weighted by Gasteiger charge is 1.59. The zero-order valence-corrected chi connectivity index (χ0v) is 7.30. The Morgan fingerprint density at radius 2 is 0.857 bits per heavy atom. The van der Waals surface area contributed by atoms with Gasteiger partial charge in [0.05, 0.1) is 0 Å². The second-order valence-electron chi connectivity index (χ2n) is 1.81. The van der Waals surface area contributed by atoms with Gasteiger partial charge < -0.3 is 0 Å². The van der Waals surface area contributed by atoms with E-state index in [-0.39, 0.29) is 0 Å². The zero-order chi connectivity index (χ0) is 10.5. The quantitative estimate of drug-likeness (QED) is 0.479. The molecule has 0 aliphatic carbocycles. The van der Waals surface area contributed by atoms with Crippen molar-refractivity contribution in [2.24, 2.45) is 0 Å². The molecule has 0 unspecified atom stereocenters. The van der Waals surface area contributed by atoms with Gasteiger partial charge in [-0.2, -0.15) is 0 Å². The van der Waals surface area contributed by atoms with E-state index in [2.05, 4.69) is 19.9 Å². The van der Waals surface area contributed by atoms with E-state index in [1.54, 1.807) is 36.9 Å². The molecule has 2 N–H and O–H groups in total. The Morgan fingerprint density at radius 3 is 0.929 bits per heavy atom. The van der Waals surface area contributed by atoms with Gasteiger partial charge in [0, 0.05) is 24.8 Å². The zero-order valence-electron chi connectivity index (χ0n) is 7.30. The van der Waals surface area contributed by atoms with Crippen molar-refractivity contribution in [3.05, 3.63) is 49.6 Å². The molecule has 0 amide bonds. The van der Waals surface area contributed by atoms with Crippen LogP contribution < -0.4 is 0 Å². The lowest BCUT2D eigenvalue weighted by molar-refractivity contribution is -0.176. The first-order chi connectivity index (χ1) is 7.00. The summed E-state index contributed by atoms with van der Waals surface area (Å²) < 4.78 is 0. The van der Waals surface area contributed by atoms with Crippen LogP contribution in [0.4, 0.5) is 0 Å². The fourth-order valence-electron chi connectivity index (χ4n) is 0.507. The van der Waals surface area contributed by atoms with Gasteiger partial charge in [0.1, 0.15) is 12.7 Å². The molecule has 0 aromatic carbocycles. The maximum Gasteiger partial charge on any atom is 0.115 e. The SMILES string of the molecule is OO.c1cncnc1.c1cncnc1. The van der Waals surface area contributed by atoms with Gasteiger partial charge in [-0.3, -0.25) is 10.5 Å². The molecule has 0 spiro atoms. The van der Waals surface area contributed by atoms with Crippen LogP contribution in [0.2, 0.25) is 0 Å². The number of aromatic nitrogens is 4. The van der Waals surface area contributed by atoms with Crippen LogP contribution >= 0.6 is 0 Å². The first-order valence-corrected chi connectivity index (χ1v) is 3.60. The third-order valence-corrected chi connectivity index (χ3v) is 0.955. The molecule has 0 aliphatic heterocycles. The Morgan fingerprint density at radius 1 is 0.571 bits per heavy atom. The molecule has 6 nitrogen and oxygen atoms in total. The molecular formula is C8H10N4O2. The second-order valence-corrected chi connectivity index (χ2v) is 1.81. The van der Waals surface area contributed by atoms with Crippen molar-refractivity contribution < 1.29 is 10.5 Å². The van der Waals surface area contributed by atoms with Crippen molar-refractivity contribution in [1.29, 1.82) is 0 Å². The van der Waals surface area contributed by atoms with Crippen molar-refractivity contribution in [1.82, 2.24) is 19.9 Å². The fraction of sp³-hybridized carbons (Fsp3) is 0. The Labute approximate surface area is 80.9 Å². The fourth-order valence-corrected chi connectivity index (χ4v) is 0.507. The van der Waals surface area contributed by atoms with Crippen LogP contribution in [-0.2, 0) is 0 Å². The molecule has 0 radical (unpaired) electrons. The van der Waals surface area contributed by atoms with Crippen LogP contribution in [0.5, 0.6) is 0 Å². The van der Waals surface area contributed by atoms with Crippen molar-refractivity contribution in [3.8, 4) is 0 Å². The predicted molar refractivity (Wildman–Crippen MR) is 49.3 cm³/mol. The summed E-state index contributed by atoms with van der Waals surface area (Å²) in [4.78, 5) is 14.7. The number of rotatable bonds is 0. The van der Waals surface area contributed by atoms with Gasteiger partial charge in [-0.1, -0.05) is 0 Å². The normalized spacial score (nSPS) is 7.29. The maximum atomic E-state index is 6.00. The molecule has 74 valence electrons. The highest BCUT2D eigenvalue weighted by atomic mass is 17.0. The summed E-state index contributed by atoms with van der Waals surface area (Å²) >= 11 is 0. The van der Waals surface area contributed by atoms with Crippen LogP contribution in [0.25, 0.3) is 0 Å². The molecule has 2 heterocycles. The van der Waals surface area contributed by atoms with Crippen LogP contribution in [0.1, 0.15) is 0 Å². The van der Waals surface area contributed by atoms with E-state index in [1.807, 2.05) is 0 Å². The second kappa shape index (κ2) is 11.1. The minimum absolute atomic E-state index is 1.50. The average molecular weight is 194 g/mol.